The molecule has 0 rings (SSSR count). The molecule has 0 bridgehead atoms. The molecule has 0 spiro atoms. The number of allylic oxidation sites excluding steroid dienone is 34. The molecule has 0 saturated carbocycles. The lowest BCUT2D eigenvalue weighted by Crippen LogP contribution is -2.30. The van der Waals surface area contributed by atoms with E-state index in [-0.39, 0.29) is 19.3 Å². The predicted molar refractivity (Wildman–Crippen MR) is 509 cm³/mol. The Morgan fingerprint density at radius 1 is 0.231 bits per heavy atom. The van der Waals surface area contributed by atoms with E-state index in [9.17, 15) is 43.5 Å². The molecule has 0 aromatic heterocycles. The van der Waals surface area contributed by atoms with Gasteiger partial charge in [0.15, 0.2) is 6.10 Å². The van der Waals surface area contributed by atoms with Gasteiger partial charge in [-0.3, -0.25) is 32.5 Å². The van der Waals surface area contributed by atoms with Crippen LogP contribution in [-0.2, 0) is 55.8 Å². The van der Waals surface area contributed by atoms with Crippen LogP contribution in [0.3, 0.4) is 0 Å². The third kappa shape index (κ3) is 94.6. The molecule has 121 heavy (non-hydrogen) atoms. The number of hydrogen-bond acceptors (Lipinski definition) is 14. The topological polar surface area (TPSA) is 231 Å². The van der Waals surface area contributed by atoms with Crippen LogP contribution in [0.25, 0.3) is 0 Å². The summed E-state index contributed by atoms with van der Waals surface area (Å²) in [4.78, 5) is 59.1. The maximum absolute atomic E-state index is 13.1. The summed E-state index contributed by atoms with van der Waals surface area (Å²) in [6.07, 6.45) is 126. The van der Waals surface area contributed by atoms with Gasteiger partial charge >= 0.3 is 33.6 Å². The second kappa shape index (κ2) is 93.3. The number of phosphoric acid groups is 2. The first-order valence-electron chi connectivity index (χ1n) is 47.4. The van der Waals surface area contributed by atoms with Crippen molar-refractivity contribution in [3.05, 3.63) is 207 Å². The number of esters is 3. The average molecular weight is 1730 g/mol. The second-order valence-electron chi connectivity index (χ2n) is 31.0. The maximum atomic E-state index is 13.1. The Morgan fingerprint density at radius 2 is 0.413 bits per heavy atom. The molecular formula is C103H170O16P2. The molecule has 0 aliphatic rings. The summed E-state index contributed by atoms with van der Waals surface area (Å²) >= 11 is 0. The highest BCUT2D eigenvalue weighted by molar-refractivity contribution is 7.47. The van der Waals surface area contributed by atoms with Gasteiger partial charge in [0.1, 0.15) is 25.4 Å². The minimum absolute atomic E-state index is 0.0838. The van der Waals surface area contributed by atoms with Crippen LogP contribution in [0.2, 0.25) is 0 Å². The lowest BCUT2D eigenvalue weighted by Gasteiger charge is -2.21. The Hall–Kier alpha value is -5.87. The van der Waals surface area contributed by atoms with Gasteiger partial charge in [0.2, 0.25) is 0 Å². The first kappa shape index (κ1) is 115. The molecule has 18 heteroatoms. The van der Waals surface area contributed by atoms with Crippen molar-refractivity contribution in [2.24, 2.45) is 0 Å². The molecule has 0 aliphatic carbocycles. The summed E-state index contributed by atoms with van der Waals surface area (Å²) in [5.74, 6) is -1.59. The summed E-state index contributed by atoms with van der Waals surface area (Å²) in [6, 6.07) is 0. The van der Waals surface area contributed by atoms with Crippen LogP contribution in [0, 0.1) is 0 Å². The van der Waals surface area contributed by atoms with Crippen molar-refractivity contribution in [2.45, 2.75) is 386 Å². The highest BCUT2D eigenvalue weighted by Gasteiger charge is 2.29. The van der Waals surface area contributed by atoms with Gasteiger partial charge in [-0.1, -0.05) is 388 Å². The van der Waals surface area contributed by atoms with Crippen LogP contribution in [0.5, 0.6) is 0 Å². The highest BCUT2D eigenvalue weighted by Crippen LogP contribution is 2.45. The van der Waals surface area contributed by atoms with Gasteiger partial charge in [-0.05, 0) is 167 Å². The first-order valence-corrected chi connectivity index (χ1v) is 50.4. The van der Waals surface area contributed by atoms with Gasteiger partial charge in [-0.15, -0.1) is 0 Å². The quantitative estimate of drug-likeness (QED) is 0.0146. The Kier molecular flexibility index (Phi) is 88.8. The molecule has 4 N–H and O–H groups in total. The minimum atomic E-state index is -4.95. The van der Waals surface area contributed by atoms with Crippen molar-refractivity contribution in [1.29, 1.82) is 0 Å². The zero-order chi connectivity index (χ0) is 87.9. The normalized spacial score (nSPS) is 14.7. The molecule has 5 atom stereocenters. The molecule has 0 saturated heterocycles. The van der Waals surface area contributed by atoms with Crippen LogP contribution >= 0.6 is 15.6 Å². The third-order valence-electron chi connectivity index (χ3n) is 19.5. The van der Waals surface area contributed by atoms with Gasteiger partial charge in [0.25, 0.3) is 0 Å². The first-order chi connectivity index (χ1) is 59.2. The fourth-order valence-corrected chi connectivity index (χ4v) is 14.0. The van der Waals surface area contributed by atoms with Gasteiger partial charge in [-0.25, -0.2) is 9.13 Å². The molecule has 0 aromatic rings. The lowest BCUT2D eigenvalue weighted by atomic mass is 10.0. The summed E-state index contributed by atoms with van der Waals surface area (Å²) in [5.41, 5.74) is 0. The van der Waals surface area contributed by atoms with E-state index in [1.165, 1.54) is 96.3 Å². The highest BCUT2D eigenvalue weighted by atomic mass is 31.2. The van der Waals surface area contributed by atoms with Crippen LogP contribution in [0.4, 0.5) is 0 Å². The summed E-state index contributed by atoms with van der Waals surface area (Å²) in [6.45, 7) is 2.35. The lowest BCUT2D eigenvalue weighted by molar-refractivity contribution is -0.161. The van der Waals surface area contributed by atoms with E-state index in [0.717, 1.165) is 212 Å². The van der Waals surface area contributed by atoms with Gasteiger partial charge in [0, 0.05) is 19.3 Å². The monoisotopic (exact) mass is 1730 g/mol. The summed E-state index contributed by atoms with van der Waals surface area (Å²) in [7, 11) is -9.83. The maximum Gasteiger partial charge on any atom is 0.472 e. The van der Waals surface area contributed by atoms with Crippen molar-refractivity contribution in [2.75, 3.05) is 39.6 Å². The Balaban J connectivity index is 4.62. The zero-order valence-corrected chi connectivity index (χ0v) is 77.7. The standard InChI is InChI=1S/C103H170O16P2/c1-4-7-10-13-16-19-22-25-28-31-34-37-40-42-44-46-47-48-49-51-53-54-57-59-62-65-68-71-74-77-80-83-86-89-101(106)113-92-98(104)93-115-120(109,110)116-94-99(105)95-117-121(111,112)118-97-100(119-103(108)91-88-85-82-79-76-73-70-67-64-61-56-39-36-33-30-27-24-21-18-15-12-9-6-3)96-114-102(107)90-87-84-81-78-75-72-69-66-63-60-58-55-52-50-45-43-41-38-35-32-29-26-23-20-17-14-11-8-5-2/h7-12,16-21,25-30,34-39,42-45,47-48,52,55,61,64,98-100,104-105H,4-6,13-15,22-24,31-33,40-41,46,49-51,53-54,56-60,62-63,65-97H2,1-3H3,(H,109,110)(H,111,112)/b10-7-,11-8-,12-9-,19-16-,20-17-,21-18-,28-25-,29-26-,30-27-,37-34-,38-35-,39-36-,44-42-,45-43-,48-47-,55-52-,64-61-. The Bertz CT molecular complexity index is 3030. The molecular weight excluding hydrogens is 1560 g/mol. The van der Waals surface area contributed by atoms with Crippen LogP contribution in [-0.4, -0.2) is 95.9 Å². The molecule has 0 aliphatic heterocycles. The number of phosphoric ester groups is 2. The SMILES string of the molecule is CC/C=C\C/C=C\C/C=C\C/C=C\C/C=C\C/C=C\CCCCCCCCCCCCCCCCC(=O)OCC(O)COP(=O)(O)OCC(O)COP(=O)(O)OCC(COC(=O)CCCCCCCCCCCC/C=C\C/C=C\C/C=C\C/C=C\C/C=C\C/C=C\CC)OC(=O)CCCCCCCCC/C=C\C/C=C\C/C=C\C/C=C\C/C=C\CC. The number of ether oxygens (including phenoxy) is 3. The van der Waals surface area contributed by atoms with E-state index in [1.54, 1.807) is 0 Å². The van der Waals surface area contributed by atoms with E-state index >= 15 is 0 Å². The van der Waals surface area contributed by atoms with Crippen molar-refractivity contribution in [1.82, 2.24) is 0 Å². The van der Waals surface area contributed by atoms with Gasteiger partial charge in [-0.2, -0.15) is 0 Å². The van der Waals surface area contributed by atoms with Crippen LogP contribution < -0.4 is 0 Å². The van der Waals surface area contributed by atoms with Crippen molar-refractivity contribution in [3.63, 3.8) is 0 Å². The molecule has 0 heterocycles. The summed E-state index contributed by atoms with van der Waals surface area (Å²) < 4.78 is 61.5. The smallest absolute Gasteiger partial charge is 0.463 e. The Labute approximate surface area is 737 Å². The number of carbonyl (C=O) groups is 3. The van der Waals surface area contributed by atoms with E-state index in [0.29, 0.717) is 19.3 Å². The number of rotatable bonds is 88. The fourth-order valence-electron chi connectivity index (χ4n) is 12.4. The summed E-state index contributed by atoms with van der Waals surface area (Å²) in [5, 5.41) is 20.8. The van der Waals surface area contributed by atoms with Crippen molar-refractivity contribution >= 4 is 33.6 Å². The second-order valence-corrected chi connectivity index (χ2v) is 33.9. The molecule has 0 radical (unpaired) electrons. The van der Waals surface area contributed by atoms with E-state index in [2.05, 4.69) is 227 Å². The molecule has 16 nitrogen and oxygen atoms in total. The van der Waals surface area contributed by atoms with E-state index < -0.39 is 91.5 Å². The zero-order valence-electron chi connectivity index (χ0n) is 75.9. The average Bonchev–Trinajstić information content (AvgIpc) is 0.887. The van der Waals surface area contributed by atoms with Crippen molar-refractivity contribution < 1.29 is 75.8 Å². The molecule has 5 unspecified atom stereocenters. The van der Waals surface area contributed by atoms with Gasteiger partial charge in [0.05, 0.1) is 26.4 Å². The molecule has 0 amide bonds. The number of hydrogen-bond donors (Lipinski definition) is 4. The third-order valence-corrected chi connectivity index (χ3v) is 21.4. The number of aliphatic hydroxyl groups excluding tert-OH is 2. The van der Waals surface area contributed by atoms with E-state index in [1.807, 2.05) is 0 Å². The fraction of sp³-hybridized carbons (Fsp3) is 0.641. The van der Waals surface area contributed by atoms with Crippen molar-refractivity contribution in [3.8, 4) is 0 Å². The van der Waals surface area contributed by atoms with Gasteiger partial charge < -0.3 is 34.2 Å². The molecule has 0 fully saturated rings. The minimum Gasteiger partial charge on any atom is -0.463 e. The number of carbonyl (C=O) groups excluding carboxylic acids is 3. The number of unbranched alkanes of at least 4 members (excludes halogenated alkanes) is 31. The number of aliphatic hydroxyl groups is 2. The molecule has 688 valence electrons. The van der Waals surface area contributed by atoms with Crippen LogP contribution in [0.1, 0.15) is 367 Å². The molecule has 0 aromatic carbocycles. The Morgan fingerprint density at radius 3 is 0.653 bits per heavy atom. The predicted octanol–water partition coefficient (Wildman–Crippen LogP) is 29.6. The largest absolute Gasteiger partial charge is 0.472 e. The van der Waals surface area contributed by atoms with Crippen LogP contribution in [0.15, 0.2) is 207 Å². The van der Waals surface area contributed by atoms with E-state index in [4.69, 9.17) is 32.3 Å².